The molecule has 4 nitrogen and oxygen atoms in total. The van der Waals surface area contributed by atoms with Gasteiger partial charge in [-0.25, -0.2) is 0 Å². The van der Waals surface area contributed by atoms with E-state index in [4.69, 9.17) is 14.2 Å². The van der Waals surface area contributed by atoms with Crippen molar-refractivity contribution in [1.29, 1.82) is 0 Å². The van der Waals surface area contributed by atoms with E-state index in [2.05, 4.69) is 0 Å². The molecule has 0 spiro atoms. The first-order chi connectivity index (χ1) is 7.60. The monoisotopic (exact) mass is 224 g/mol. The fourth-order valence-corrected chi connectivity index (χ4v) is 1.40. The van der Waals surface area contributed by atoms with Crippen molar-refractivity contribution in [3.05, 3.63) is 23.3 Å². The van der Waals surface area contributed by atoms with E-state index >= 15 is 0 Å². The zero-order valence-corrected chi connectivity index (χ0v) is 9.99. The van der Waals surface area contributed by atoms with Crippen LogP contribution in [0.5, 0.6) is 11.5 Å². The lowest BCUT2D eigenvalue weighted by Crippen LogP contribution is -2.05. The molecule has 0 amide bonds. The fraction of sp³-hybridized carbons (Fsp3) is 0.417. The molecule has 88 valence electrons. The molecule has 1 aromatic carbocycles. The molecule has 0 unspecified atom stereocenters. The highest BCUT2D eigenvalue weighted by Crippen LogP contribution is 2.28. The quantitative estimate of drug-likeness (QED) is 0.568. The third-order valence-electron chi connectivity index (χ3n) is 2.21. The van der Waals surface area contributed by atoms with E-state index in [9.17, 15) is 4.79 Å². The second kappa shape index (κ2) is 5.51. The Morgan fingerprint density at radius 1 is 1.25 bits per heavy atom. The van der Waals surface area contributed by atoms with Gasteiger partial charge < -0.3 is 14.2 Å². The summed E-state index contributed by atoms with van der Waals surface area (Å²) in [6.45, 7) is 3.50. The van der Waals surface area contributed by atoms with Gasteiger partial charge >= 0.3 is 0 Å². The number of hydrogen-bond donors (Lipinski definition) is 0. The van der Waals surface area contributed by atoms with Crippen molar-refractivity contribution < 1.29 is 19.0 Å². The lowest BCUT2D eigenvalue weighted by atomic mass is 10.1. The van der Waals surface area contributed by atoms with Crippen LogP contribution in [0.25, 0.3) is 0 Å². The second-order valence-corrected chi connectivity index (χ2v) is 3.43. The predicted molar refractivity (Wildman–Crippen MR) is 60.2 cm³/mol. The van der Waals surface area contributed by atoms with Crippen LogP contribution in [0.3, 0.4) is 0 Å². The van der Waals surface area contributed by atoms with Gasteiger partial charge in [0.15, 0.2) is 12.6 Å². The number of carbonyl (C=O) groups excluding carboxylic acids is 1. The number of hydrogen-bond acceptors (Lipinski definition) is 4. The number of carbonyl (C=O) groups is 1. The summed E-state index contributed by atoms with van der Waals surface area (Å²) in [6, 6.07) is 3.46. The van der Waals surface area contributed by atoms with Crippen LogP contribution in [0.4, 0.5) is 0 Å². The van der Waals surface area contributed by atoms with Gasteiger partial charge in [0.25, 0.3) is 0 Å². The molecule has 4 heteroatoms. The largest absolute Gasteiger partial charge is 0.496 e. The first kappa shape index (κ1) is 12.5. The average Bonchev–Trinajstić information content (AvgIpc) is 2.25. The van der Waals surface area contributed by atoms with Crippen LogP contribution < -0.4 is 9.47 Å². The summed E-state index contributed by atoms with van der Waals surface area (Å²) in [5.41, 5.74) is 1.41. The first-order valence-corrected chi connectivity index (χ1v) is 4.91. The molecule has 0 bridgehead atoms. The van der Waals surface area contributed by atoms with Gasteiger partial charge in [0.2, 0.25) is 0 Å². The molecule has 0 saturated heterocycles. The number of rotatable bonds is 5. The molecule has 0 fully saturated rings. The Balaban J connectivity index is 3.14. The highest BCUT2D eigenvalue weighted by molar-refractivity contribution is 5.97. The highest BCUT2D eigenvalue weighted by Gasteiger charge is 2.12. The third kappa shape index (κ3) is 2.73. The minimum atomic E-state index is -0.0654. The van der Waals surface area contributed by atoms with Crippen LogP contribution in [0, 0.1) is 6.92 Å². The molecule has 0 radical (unpaired) electrons. The molecule has 1 aromatic rings. The normalized spacial score (nSPS) is 10.0. The molecule has 16 heavy (non-hydrogen) atoms. The molecule has 0 atom stereocenters. The number of benzene rings is 1. The molecule has 0 aromatic heterocycles. The van der Waals surface area contributed by atoms with Gasteiger partial charge in [-0.2, -0.15) is 0 Å². The molecule has 0 aliphatic rings. The van der Waals surface area contributed by atoms with E-state index in [1.807, 2.05) is 6.92 Å². The average molecular weight is 224 g/mol. The van der Waals surface area contributed by atoms with Gasteiger partial charge in [-0.15, -0.1) is 0 Å². The summed E-state index contributed by atoms with van der Waals surface area (Å²) in [7, 11) is 3.10. The summed E-state index contributed by atoms with van der Waals surface area (Å²) in [5.74, 6) is 1.13. The van der Waals surface area contributed by atoms with E-state index in [1.54, 1.807) is 19.2 Å². The number of aryl methyl sites for hydroxylation is 1. The minimum Gasteiger partial charge on any atom is -0.496 e. The van der Waals surface area contributed by atoms with Crippen LogP contribution in [-0.2, 0) is 4.74 Å². The smallest absolute Gasteiger partial charge is 0.188 e. The Bertz CT molecular complexity index is 385. The number of ether oxygens (including phenoxy) is 3. The summed E-state index contributed by atoms with van der Waals surface area (Å²) in [4.78, 5) is 11.4. The van der Waals surface area contributed by atoms with Gasteiger partial charge in [-0.1, -0.05) is 0 Å². The summed E-state index contributed by atoms with van der Waals surface area (Å²) < 4.78 is 15.3. The van der Waals surface area contributed by atoms with E-state index < -0.39 is 0 Å². The van der Waals surface area contributed by atoms with Crippen molar-refractivity contribution in [3.63, 3.8) is 0 Å². The van der Waals surface area contributed by atoms with E-state index in [-0.39, 0.29) is 12.6 Å². The molecule has 0 aliphatic carbocycles. The maximum atomic E-state index is 11.4. The van der Waals surface area contributed by atoms with Crippen molar-refractivity contribution >= 4 is 5.78 Å². The first-order valence-electron chi connectivity index (χ1n) is 4.91. The molecule has 0 aliphatic heterocycles. The van der Waals surface area contributed by atoms with Crippen LogP contribution in [-0.4, -0.2) is 26.8 Å². The van der Waals surface area contributed by atoms with Crippen LogP contribution in [0.15, 0.2) is 12.1 Å². The van der Waals surface area contributed by atoms with Gasteiger partial charge in [0, 0.05) is 7.11 Å². The van der Waals surface area contributed by atoms with Gasteiger partial charge in [0.1, 0.15) is 11.5 Å². The Morgan fingerprint density at radius 3 is 2.44 bits per heavy atom. The van der Waals surface area contributed by atoms with Crippen molar-refractivity contribution in [1.82, 2.24) is 0 Å². The Hall–Kier alpha value is -1.55. The molecular weight excluding hydrogens is 208 g/mol. The predicted octanol–water partition coefficient (Wildman–Crippen LogP) is 2.19. The Kier molecular flexibility index (Phi) is 4.31. The van der Waals surface area contributed by atoms with Crippen molar-refractivity contribution in [2.75, 3.05) is 21.0 Å². The Labute approximate surface area is 95.1 Å². The van der Waals surface area contributed by atoms with Crippen LogP contribution in [0.1, 0.15) is 22.8 Å². The van der Waals surface area contributed by atoms with Gasteiger partial charge in [-0.05, 0) is 31.5 Å². The van der Waals surface area contributed by atoms with E-state index in [1.165, 1.54) is 14.0 Å². The van der Waals surface area contributed by atoms with Crippen molar-refractivity contribution in [3.8, 4) is 11.5 Å². The highest BCUT2D eigenvalue weighted by atomic mass is 16.7. The zero-order valence-electron chi connectivity index (χ0n) is 9.99. The molecular formula is C12H16O4. The topological polar surface area (TPSA) is 44.8 Å². The fourth-order valence-electron chi connectivity index (χ4n) is 1.40. The standard InChI is InChI=1S/C12H16O4/c1-8-5-12(16-7-14-3)10(9(2)13)6-11(8)15-4/h5-6H,7H2,1-4H3. The number of ketones is 1. The SMILES string of the molecule is COCOc1cc(C)c(OC)cc1C(C)=O. The Morgan fingerprint density at radius 2 is 1.94 bits per heavy atom. The third-order valence-corrected chi connectivity index (χ3v) is 2.21. The maximum absolute atomic E-state index is 11.4. The zero-order chi connectivity index (χ0) is 12.1. The van der Waals surface area contributed by atoms with Crippen molar-refractivity contribution in [2.45, 2.75) is 13.8 Å². The summed E-state index contributed by atoms with van der Waals surface area (Å²) in [6.07, 6.45) is 0. The molecule has 0 heterocycles. The number of methoxy groups -OCH3 is 2. The number of Topliss-reactive ketones (excluding diaryl/α,β-unsaturated/α-hetero) is 1. The molecule has 0 N–H and O–H groups in total. The summed E-state index contributed by atoms with van der Waals surface area (Å²) >= 11 is 0. The van der Waals surface area contributed by atoms with Crippen LogP contribution in [0.2, 0.25) is 0 Å². The van der Waals surface area contributed by atoms with E-state index in [0.717, 1.165) is 5.56 Å². The minimum absolute atomic E-state index is 0.0654. The van der Waals surface area contributed by atoms with Crippen molar-refractivity contribution in [2.24, 2.45) is 0 Å². The van der Waals surface area contributed by atoms with Gasteiger partial charge in [0.05, 0.1) is 12.7 Å². The molecule has 1 rings (SSSR count). The lowest BCUT2D eigenvalue weighted by molar-refractivity contribution is 0.0502. The van der Waals surface area contributed by atoms with Crippen LogP contribution >= 0.6 is 0 Å². The maximum Gasteiger partial charge on any atom is 0.188 e. The second-order valence-electron chi connectivity index (χ2n) is 3.43. The lowest BCUT2D eigenvalue weighted by Gasteiger charge is -2.12. The van der Waals surface area contributed by atoms with Gasteiger partial charge in [-0.3, -0.25) is 4.79 Å². The van der Waals surface area contributed by atoms with E-state index in [0.29, 0.717) is 17.1 Å². The summed E-state index contributed by atoms with van der Waals surface area (Å²) in [5, 5.41) is 0. The molecule has 0 saturated carbocycles.